The van der Waals surface area contributed by atoms with Gasteiger partial charge in [0.2, 0.25) is 0 Å². The first-order chi connectivity index (χ1) is 13.3. The molecule has 0 bridgehead atoms. The number of phenolic OH excluding ortho intramolecular Hbond substituents is 1. The van der Waals surface area contributed by atoms with Crippen molar-refractivity contribution in [1.29, 1.82) is 0 Å². The molecule has 29 heavy (non-hydrogen) atoms. The van der Waals surface area contributed by atoms with Crippen LogP contribution in [0.15, 0.2) is 44.9 Å². The number of benzene rings is 2. The van der Waals surface area contributed by atoms with Crippen molar-refractivity contribution in [1.82, 2.24) is 4.98 Å². The van der Waals surface area contributed by atoms with Crippen LogP contribution in [0, 0.1) is 0 Å². The number of hydrogen-bond acceptors (Lipinski definition) is 4. The Morgan fingerprint density at radius 3 is 1.97 bits per heavy atom. The Hall–Kier alpha value is -2.11. The first kappa shape index (κ1) is 21.6. The molecule has 0 unspecified atom stereocenters. The summed E-state index contributed by atoms with van der Waals surface area (Å²) in [6, 6.07) is 8.75. The highest BCUT2D eigenvalue weighted by Gasteiger charge is 2.27. The third-order valence-corrected chi connectivity index (χ3v) is 6.11. The molecule has 3 N–H and O–H groups in total. The molecule has 0 amide bonds. The van der Waals surface area contributed by atoms with Gasteiger partial charge in [-0.05, 0) is 41.2 Å². The van der Waals surface area contributed by atoms with Crippen LogP contribution in [0.5, 0.6) is 11.5 Å². The SMILES string of the molecule is CC(C)(C)c1cc(Sc2c(O)c3ccc(Cl)cc3[nH]c2=O)cc(C(C)(C)C)c1O. The summed E-state index contributed by atoms with van der Waals surface area (Å²) in [5.74, 6) is 0.203. The predicted octanol–water partition coefficient (Wildman–Crippen LogP) is 6.34. The fourth-order valence-corrected chi connectivity index (χ4v) is 4.37. The van der Waals surface area contributed by atoms with Gasteiger partial charge in [0.25, 0.3) is 5.56 Å². The monoisotopic (exact) mass is 431 g/mol. The molecule has 1 heterocycles. The van der Waals surface area contributed by atoms with Crippen LogP contribution < -0.4 is 5.56 Å². The Balaban J connectivity index is 2.21. The van der Waals surface area contributed by atoms with E-state index in [1.807, 2.05) is 53.7 Å². The van der Waals surface area contributed by atoms with Crippen molar-refractivity contribution in [3.63, 3.8) is 0 Å². The minimum absolute atomic E-state index is 0.0758. The Morgan fingerprint density at radius 1 is 0.897 bits per heavy atom. The third kappa shape index (κ3) is 4.26. The van der Waals surface area contributed by atoms with Crippen LogP contribution in [0.2, 0.25) is 5.02 Å². The van der Waals surface area contributed by atoms with Gasteiger partial charge in [-0.3, -0.25) is 4.79 Å². The Bertz CT molecular complexity index is 1120. The third-order valence-electron chi connectivity index (χ3n) is 4.83. The molecule has 0 saturated heterocycles. The lowest BCUT2D eigenvalue weighted by Gasteiger charge is -2.28. The van der Waals surface area contributed by atoms with E-state index in [0.717, 1.165) is 16.0 Å². The van der Waals surface area contributed by atoms with Crippen molar-refractivity contribution in [3.8, 4) is 11.5 Å². The number of nitrogens with one attached hydrogen (secondary N) is 1. The molecule has 0 atom stereocenters. The van der Waals surface area contributed by atoms with Crippen LogP contribution in [0.25, 0.3) is 10.9 Å². The first-order valence-electron chi connectivity index (χ1n) is 9.39. The van der Waals surface area contributed by atoms with E-state index in [-0.39, 0.29) is 32.8 Å². The Labute approximate surface area is 179 Å². The standard InChI is InChI=1S/C23H26ClNO3S/c1-22(2,3)15-10-13(11-16(19(15)27)23(4,5)6)29-20-18(26)14-8-7-12(24)9-17(14)25-21(20)28/h7-11,27H,1-6H3,(H2,25,26,28). The second kappa shape index (κ2) is 7.29. The molecule has 0 aliphatic carbocycles. The highest BCUT2D eigenvalue weighted by Crippen LogP contribution is 2.44. The maximum atomic E-state index is 12.7. The van der Waals surface area contributed by atoms with Gasteiger partial charge in [0, 0.05) is 26.4 Å². The van der Waals surface area contributed by atoms with Crippen LogP contribution in [0.4, 0.5) is 0 Å². The van der Waals surface area contributed by atoms with Gasteiger partial charge in [0.15, 0.2) is 0 Å². The number of pyridine rings is 1. The largest absolute Gasteiger partial charge is 0.507 e. The van der Waals surface area contributed by atoms with Gasteiger partial charge in [-0.1, -0.05) is 64.9 Å². The van der Waals surface area contributed by atoms with Crippen molar-refractivity contribution in [2.24, 2.45) is 0 Å². The predicted molar refractivity (Wildman–Crippen MR) is 121 cm³/mol. The van der Waals surface area contributed by atoms with Crippen molar-refractivity contribution < 1.29 is 10.2 Å². The molecule has 0 saturated carbocycles. The number of aromatic hydroxyl groups is 2. The number of rotatable bonds is 2. The van der Waals surface area contributed by atoms with E-state index >= 15 is 0 Å². The summed E-state index contributed by atoms with van der Waals surface area (Å²) in [4.78, 5) is 16.5. The van der Waals surface area contributed by atoms with Gasteiger partial charge < -0.3 is 15.2 Å². The van der Waals surface area contributed by atoms with E-state index in [9.17, 15) is 15.0 Å². The normalized spacial score (nSPS) is 12.5. The van der Waals surface area contributed by atoms with E-state index in [1.54, 1.807) is 18.2 Å². The van der Waals surface area contributed by atoms with Gasteiger partial charge in [-0.25, -0.2) is 0 Å². The lowest BCUT2D eigenvalue weighted by molar-refractivity contribution is 0.422. The lowest BCUT2D eigenvalue weighted by atomic mass is 9.79. The number of halogens is 1. The molecule has 0 aliphatic heterocycles. The molecule has 0 spiro atoms. The van der Waals surface area contributed by atoms with E-state index in [1.165, 1.54) is 11.8 Å². The first-order valence-corrected chi connectivity index (χ1v) is 10.6. The smallest absolute Gasteiger partial charge is 0.266 e. The van der Waals surface area contributed by atoms with E-state index in [2.05, 4.69) is 4.98 Å². The van der Waals surface area contributed by atoms with Crippen LogP contribution in [0.3, 0.4) is 0 Å². The van der Waals surface area contributed by atoms with E-state index < -0.39 is 0 Å². The zero-order valence-electron chi connectivity index (χ0n) is 17.5. The lowest BCUT2D eigenvalue weighted by Crippen LogP contribution is -2.17. The topological polar surface area (TPSA) is 73.3 Å². The van der Waals surface area contributed by atoms with E-state index in [4.69, 9.17) is 11.6 Å². The second-order valence-corrected chi connectivity index (χ2v) is 10.8. The fourth-order valence-electron chi connectivity index (χ4n) is 3.26. The Kier molecular flexibility index (Phi) is 5.43. The molecule has 0 fully saturated rings. The summed E-state index contributed by atoms with van der Waals surface area (Å²) in [5, 5.41) is 22.7. The van der Waals surface area contributed by atoms with Crippen LogP contribution >= 0.6 is 23.4 Å². The summed E-state index contributed by atoms with van der Waals surface area (Å²) in [5.41, 5.74) is 1.14. The molecular weight excluding hydrogens is 406 g/mol. The van der Waals surface area contributed by atoms with Crippen molar-refractivity contribution in [2.75, 3.05) is 0 Å². The van der Waals surface area contributed by atoms with Crippen LogP contribution in [-0.4, -0.2) is 15.2 Å². The van der Waals surface area contributed by atoms with Gasteiger partial charge in [0.05, 0.1) is 5.52 Å². The highest BCUT2D eigenvalue weighted by molar-refractivity contribution is 7.99. The number of H-pyrrole nitrogens is 1. The van der Waals surface area contributed by atoms with Crippen molar-refractivity contribution >= 4 is 34.3 Å². The number of hydrogen-bond donors (Lipinski definition) is 3. The zero-order chi connectivity index (χ0) is 21.7. The molecule has 3 rings (SSSR count). The average Bonchev–Trinajstić information content (AvgIpc) is 2.57. The van der Waals surface area contributed by atoms with Crippen LogP contribution in [-0.2, 0) is 10.8 Å². The van der Waals surface area contributed by atoms with Gasteiger partial charge in [-0.2, -0.15) is 0 Å². The Morgan fingerprint density at radius 2 is 1.45 bits per heavy atom. The molecule has 4 nitrogen and oxygen atoms in total. The minimum Gasteiger partial charge on any atom is -0.507 e. The molecule has 1 aromatic heterocycles. The fraction of sp³-hybridized carbons (Fsp3) is 0.348. The molecule has 2 aromatic carbocycles. The summed E-state index contributed by atoms with van der Waals surface area (Å²) in [6.07, 6.45) is 0. The van der Waals surface area contributed by atoms with E-state index in [0.29, 0.717) is 15.9 Å². The zero-order valence-corrected chi connectivity index (χ0v) is 19.0. The summed E-state index contributed by atoms with van der Waals surface area (Å²) < 4.78 is 0. The number of aromatic nitrogens is 1. The molecule has 0 aliphatic rings. The quantitative estimate of drug-likeness (QED) is 0.442. The van der Waals surface area contributed by atoms with Crippen LogP contribution in [0.1, 0.15) is 52.7 Å². The summed E-state index contributed by atoms with van der Waals surface area (Å²) in [6.45, 7) is 12.2. The maximum Gasteiger partial charge on any atom is 0.266 e. The van der Waals surface area contributed by atoms with Gasteiger partial charge in [0.1, 0.15) is 16.4 Å². The molecule has 154 valence electrons. The molecular formula is C23H26ClNO3S. The molecule has 0 radical (unpaired) electrons. The summed E-state index contributed by atoms with van der Waals surface area (Å²) >= 11 is 7.19. The van der Waals surface area contributed by atoms with Crippen molar-refractivity contribution in [2.45, 2.75) is 62.2 Å². The average molecular weight is 432 g/mol. The van der Waals surface area contributed by atoms with Crippen molar-refractivity contribution in [3.05, 3.63) is 56.8 Å². The van der Waals surface area contributed by atoms with Gasteiger partial charge >= 0.3 is 0 Å². The van der Waals surface area contributed by atoms with Gasteiger partial charge in [-0.15, -0.1) is 0 Å². The number of aromatic amines is 1. The maximum absolute atomic E-state index is 12.7. The highest BCUT2D eigenvalue weighted by atomic mass is 35.5. The minimum atomic E-state index is -0.384. The molecule has 3 aromatic rings. The number of phenols is 1. The number of fused-ring (bicyclic) bond motifs is 1. The summed E-state index contributed by atoms with van der Waals surface area (Å²) in [7, 11) is 0. The second-order valence-electron chi connectivity index (χ2n) is 9.29. The molecule has 6 heteroatoms.